The Hall–Kier alpha value is -2.39. The van der Waals surface area contributed by atoms with Crippen LogP contribution in [0.5, 0.6) is 0 Å². The molecule has 0 spiro atoms. The number of amides is 2. The zero-order valence-corrected chi connectivity index (χ0v) is 22.1. The zero-order valence-electron chi connectivity index (χ0n) is 21.3. The van der Waals surface area contributed by atoms with Crippen LogP contribution in [-0.2, 0) is 20.9 Å². The molecule has 1 aromatic carbocycles. The Morgan fingerprint density at radius 3 is 2.69 bits per heavy atom. The SMILES string of the molecule is CC[C@H](C)NC(=O)CSc1nc2ccccc2c(=O)n1CC1CCC(C(=O)NC[C@@H]2CCCO2)CC1. The number of para-hydroxylation sites is 1. The fourth-order valence-corrected chi connectivity index (χ4v) is 5.82. The number of benzene rings is 1. The fraction of sp³-hybridized carbons (Fsp3) is 0.630. The molecule has 2 atom stereocenters. The third-order valence-electron chi connectivity index (χ3n) is 7.37. The van der Waals surface area contributed by atoms with Gasteiger partial charge in [-0.15, -0.1) is 0 Å². The molecule has 196 valence electrons. The van der Waals surface area contributed by atoms with E-state index in [0.29, 0.717) is 35.1 Å². The first-order valence-corrected chi connectivity index (χ1v) is 14.2. The van der Waals surface area contributed by atoms with Gasteiger partial charge in [0, 0.05) is 31.7 Å². The summed E-state index contributed by atoms with van der Waals surface area (Å²) in [7, 11) is 0. The van der Waals surface area contributed by atoms with Crippen molar-refractivity contribution in [1.29, 1.82) is 0 Å². The molecule has 36 heavy (non-hydrogen) atoms. The Morgan fingerprint density at radius 2 is 1.97 bits per heavy atom. The van der Waals surface area contributed by atoms with Crippen LogP contribution in [-0.4, -0.2) is 52.4 Å². The van der Waals surface area contributed by atoms with Crippen LogP contribution < -0.4 is 16.2 Å². The predicted molar refractivity (Wildman–Crippen MR) is 142 cm³/mol. The van der Waals surface area contributed by atoms with Crippen LogP contribution in [0.4, 0.5) is 0 Å². The van der Waals surface area contributed by atoms with E-state index in [4.69, 9.17) is 9.72 Å². The Kier molecular flexibility index (Phi) is 9.42. The van der Waals surface area contributed by atoms with Gasteiger partial charge < -0.3 is 15.4 Å². The number of thioether (sulfide) groups is 1. The van der Waals surface area contributed by atoms with E-state index in [1.54, 1.807) is 10.6 Å². The first kappa shape index (κ1) is 26.7. The van der Waals surface area contributed by atoms with Gasteiger partial charge in [0.1, 0.15) is 0 Å². The van der Waals surface area contributed by atoms with Crippen molar-refractivity contribution >= 4 is 34.5 Å². The monoisotopic (exact) mass is 514 g/mol. The van der Waals surface area contributed by atoms with E-state index >= 15 is 0 Å². The van der Waals surface area contributed by atoms with Gasteiger partial charge in [0.05, 0.1) is 22.8 Å². The van der Waals surface area contributed by atoms with Crippen molar-refractivity contribution in [2.75, 3.05) is 18.9 Å². The minimum absolute atomic E-state index is 0.0206. The summed E-state index contributed by atoms with van der Waals surface area (Å²) < 4.78 is 7.35. The highest BCUT2D eigenvalue weighted by atomic mass is 32.2. The van der Waals surface area contributed by atoms with E-state index in [0.717, 1.165) is 51.6 Å². The minimum Gasteiger partial charge on any atom is -0.376 e. The summed E-state index contributed by atoms with van der Waals surface area (Å²) >= 11 is 1.31. The molecule has 1 aliphatic heterocycles. The van der Waals surface area contributed by atoms with E-state index < -0.39 is 0 Å². The molecule has 0 bridgehead atoms. The molecule has 8 nitrogen and oxygen atoms in total. The number of nitrogens with zero attached hydrogens (tertiary/aromatic N) is 2. The number of carbonyl (C=O) groups is 2. The number of hydrogen-bond donors (Lipinski definition) is 2. The number of ether oxygens (including phenoxy) is 1. The third kappa shape index (κ3) is 6.88. The first-order chi connectivity index (χ1) is 17.4. The Balaban J connectivity index is 1.40. The quantitative estimate of drug-likeness (QED) is 0.372. The Bertz CT molecular complexity index is 1110. The normalized spacial score (nSPS) is 22.9. The van der Waals surface area contributed by atoms with E-state index in [-0.39, 0.29) is 41.2 Å². The van der Waals surface area contributed by atoms with Crippen LogP contribution in [0.2, 0.25) is 0 Å². The van der Waals surface area contributed by atoms with Crippen LogP contribution >= 0.6 is 11.8 Å². The lowest BCUT2D eigenvalue weighted by atomic mass is 9.81. The smallest absolute Gasteiger partial charge is 0.262 e. The van der Waals surface area contributed by atoms with Gasteiger partial charge in [-0.05, 0) is 69.9 Å². The molecule has 2 fully saturated rings. The molecule has 2 aromatic rings. The van der Waals surface area contributed by atoms with Crippen LogP contribution in [0.3, 0.4) is 0 Å². The van der Waals surface area contributed by atoms with Crippen LogP contribution in [0.1, 0.15) is 58.8 Å². The lowest BCUT2D eigenvalue weighted by Crippen LogP contribution is -2.38. The van der Waals surface area contributed by atoms with Gasteiger partial charge in [-0.3, -0.25) is 19.0 Å². The van der Waals surface area contributed by atoms with Crippen molar-refractivity contribution < 1.29 is 14.3 Å². The fourth-order valence-electron chi connectivity index (χ4n) is 5.00. The molecule has 0 radical (unpaired) electrons. The highest BCUT2D eigenvalue weighted by molar-refractivity contribution is 7.99. The Morgan fingerprint density at radius 1 is 1.19 bits per heavy atom. The average molecular weight is 515 g/mol. The highest BCUT2D eigenvalue weighted by Crippen LogP contribution is 2.31. The molecule has 2 heterocycles. The molecule has 4 rings (SSSR count). The van der Waals surface area contributed by atoms with Crippen molar-refractivity contribution in [2.24, 2.45) is 11.8 Å². The summed E-state index contributed by atoms with van der Waals surface area (Å²) in [5.41, 5.74) is 0.581. The van der Waals surface area contributed by atoms with Gasteiger partial charge in [0.25, 0.3) is 5.56 Å². The van der Waals surface area contributed by atoms with Crippen molar-refractivity contribution in [3.05, 3.63) is 34.6 Å². The lowest BCUT2D eigenvalue weighted by molar-refractivity contribution is -0.126. The molecular formula is C27H38N4O4S. The molecule has 2 amide bonds. The predicted octanol–water partition coefficient (Wildman–Crippen LogP) is 3.50. The molecule has 0 unspecified atom stereocenters. The number of fused-ring (bicyclic) bond motifs is 1. The zero-order chi connectivity index (χ0) is 25.5. The first-order valence-electron chi connectivity index (χ1n) is 13.3. The number of hydrogen-bond acceptors (Lipinski definition) is 6. The summed E-state index contributed by atoms with van der Waals surface area (Å²) in [5.74, 6) is 0.593. The van der Waals surface area contributed by atoms with Gasteiger partial charge in [-0.2, -0.15) is 0 Å². The topological polar surface area (TPSA) is 102 Å². The molecule has 2 N–H and O–H groups in total. The largest absolute Gasteiger partial charge is 0.376 e. The van der Waals surface area contributed by atoms with Gasteiger partial charge in [-0.25, -0.2) is 4.98 Å². The van der Waals surface area contributed by atoms with Gasteiger partial charge in [-0.1, -0.05) is 30.8 Å². The number of aromatic nitrogens is 2. The van der Waals surface area contributed by atoms with E-state index in [1.807, 2.05) is 32.0 Å². The minimum atomic E-state index is -0.0677. The van der Waals surface area contributed by atoms with Gasteiger partial charge >= 0.3 is 0 Å². The Labute approximate surface area is 217 Å². The standard InChI is InChI=1S/C27H38N4O4S/c1-3-18(2)29-24(32)17-36-27-30-23-9-5-4-8-22(23)26(34)31(27)16-19-10-12-20(13-11-19)25(33)28-15-21-7-6-14-35-21/h4-5,8-9,18-21H,3,6-7,10-17H2,1-2H3,(H,28,33)(H,29,32)/t18-,19?,20?,21-/m0/s1. The van der Waals surface area contributed by atoms with Crippen LogP contribution in [0, 0.1) is 11.8 Å². The number of rotatable bonds is 10. The maximum absolute atomic E-state index is 13.4. The van der Waals surface area contributed by atoms with E-state index in [2.05, 4.69) is 10.6 Å². The van der Waals surface area contributed by atoms with Crippen molar-refractivity contribution in [2.45, 2.75) is 82.6 Å². The lowest BCUT2D eigenvalue weighted by Gasteiger charge is -2.29. The summed E-state index contributed by atoms with van der Waals surface area (Å²) in [6.45, 7) is 5.95. The summed E-state index contributed by atoms with van der Waals surface area (Å²) in [5, 5.41) is 7.22. The van der Waals surface area contributed by atoms with Crippen molar-refractivity contribution in [3.8, 4) is 0 Å². The second kappa shape index (κ2) is 12.7. The maximum atomic E-state index is 13.4. The number of carbonyl (C=O) groups excluding carboxylic acids is 2. The van der Waals surface area contributed by atoms with Crippen molar-refractivity contribution in [3.63, 3.8) is 0 Å². The molecule has 1 saturated carbocycles. The summed E-state index contributed by atoms with van der Waals surface area (Å²) in [6.07, 6.45) is 6.50. The maximum Gasteiger partial charge on any atom is 0.262 e. The summed E-state index contributed by atoms with van der Waals surface area (Å²) in [4.78, 5) is 43.2. The summed E-state index contributed by atoms with van der Waals surface area (Å²) in [6, 6.07) is 7.48. The molecule has 1 saturated heterocycles. The average Bonchev–Trinajstić information content (AvgIpc) is 3.42. The number of nitrogens with one attached hydrogen (secondary N) is 2. The molecule has 1 aliphatic carbocycles. The second-order valence-corrected chi connectivity index (χ2v) is 11.0. The third-order valence-corrected chi connectivity index (χ3v) is 8.34. The van der Waals surface area contributed by atoms with E-state index in [9.17, 15) is 14.4 Å². The molecular weight excluding hydrogens is 476 g/mol. The van der Waals surface area contributed by atoms with Crippen LogP contribution in [0.25, 0.3) is 10.9 Å². The van der Waals surface area contributed by atoms with E-state index in [1.165, 1.54) is 11.8 Å². The molecule has 9 heteroatoms. The van der Waals surface area contributed by atoms with Crippen LogP contribution in [0.15, 0.2) is 34.2 Å². The highest BCUT2D eigenvalue weighted by Gasteiger charge is 2.28. The molecule has 1 aromatic heterocycles. The van der Waals surface area contributed by atoms with Gasteiger partial charge in [0.15, 0.2) is 5.16 Å². The van der Waals surface area contributed by atoms with Crippen molar-refractivity contribution in [1.82, 2.24) is 20.2 Å². The van der Waals surface area contributed by atoms with Gasteiger partial charge in [0.2, 0.25) is 11.8 Å². The second-order valence-electron chi connectivity index (χ2n) is 10.1. The molecule has 2 aliphatic rings.